The second-order valence-electron chi connectivity index (χ2n) is 7.58. The summed E-state index contributed by atoms with van der Waals surface area (Å²) in [4.78, 5) is 39.9. The number of sulfone groups is 1. The first kappa shape index (κ1) is 25.7. The van der Waals surface area contributed by atoms with Crippen LogP contribution in [-0.2, 0) is 37.1 Å². The van der Waals surface area contributed by atoms with Gasteiger partial charge in [-0.25, -0.2) is 18.0 Å². The Morgan fingerprint density at radius 1 is 1.09 bits per heavy atom. The van der Waals surface area contributed by atoms with Crippen molar-refractivity contribution in [3.05, 3.63) is 46.3 Å². The van der Waals surface area contributed by atoms with Gasteiger partial charge >= 0.3 is 12.1 Å². The van der Waals surface area contributed by atoms with Gasteiger partial charge < -0.3 is 19.7 Å². The molecule has 0 fully saturated rings. The molecule has 0 saturated heterocycles. The Morgan fingerprint density at radius 2 is 1.79 bits per heavy atom. The van der Waals surface area contributed by atoms with E-state index in [0.717, 1.165) is 10.4 Å². The summed E-state index contributed by atoms with van der Waals surface area (Å²) in [6.45, 7) is 4.54. The molecular formula is C23H28N2O7S2. The lowest BCUT2D eigenvalue weighted by atomic mass is 10.0. The molecule has 34 heavy (non-hydrogen) atoms. The Hall–Kier alpha value is -2.92. The molecule has 0 aliphatic carbocycles. The Balaban J connectivity index is 1.70. The summed E-state index contributed by atoms with van der Waals surface area (Å²) < 4.78 is 35.1. The Kier molecular flexibility index (Phi) is 8.67. The number of amides is 2. The number of thiophene rings is 1. The lowest BCUT2D eigenvalue weighted by molar-refractivity contribution is -0.116. The molecule has 3 rings (SSSR count). The third kappa shape index (κ3) is 6.15. The third-order valence-corrected chi connectivity index (χ3v) is 8.18. The number of carbonyl (C=O) groups excluding carboxylic acids is 3. The standard InChI is InChI=1S/C23H28N2O7S2/c1-3-31-22(27)20-17-12-13-25(23(28)32-4-2)15-18(17)33-21(20)24-19(26)11-8-14-34(29,30)16-9-6-5-7-10-16/h5-7,9-10H,3-4,8,11-15H2,1-2H3,(H,24,26). The van der Waals surface area contributed by atoms with Crippen LogP contribution in [0.3, 0.4) is 0 Å². The number of esters is 1. The van der Waals surface area contributed by atoms with Crippen LogP contribution in [0.1, 0.15) is 47.5 Å². The second kappa shape index (κ2) is 11.5. The van der Waals surface area contributed by atoms with Crippen LogP contribution < -0.4 is 5.32 Å². The highest BCUT2D eigenvalue weighted by Gasteiger charge is 2.31. The first-order chi connectivity index (χ1) is 16.3. The van der Waals surface area contributed by atoms with Crippen molar-refractivity contribution in [3.63, 3.8) is 0 Å². The van der Waals surface area contributed by atoms with Crippen LogP contribution in [0.15, 0.2) is 35.2 Å². The lowest BCUT2D eigenvalue weighted by Gasteiger charge is -2.26. The molecule has 2 aromatic rings. The summed E-state index contributed by atoms with van der Waals surface area (Å²) in [6, 6.07) is 8.09. The number of rotatable bonds is 9. The van der Waals surface area contributed by atoms with Gasteiger partial charge in [-0.05, 0) is 44.4 Å². The van der Waals surface area contributed by atoms with Crippen LogP contribution in [0.4, 0.5) is 9.80 Å². The molecule has 2 amide bonds. The van der Waals surface area contributed by atoms with Crippen LogP contribution in [0, 0.1) is 0 Å². The number of benzene rings is 1. The van der Waals surface area contributed by atoms with Crippen molar-refractivity contribution in [2.45, 2.75) is 44.6 Å². The molecule has 184 valence electrons. The number of nitrogens with one attached hydrogen (secondary N) is 1. The highest BCUT2D eigenvalue weighted by Crippen LogP contribution is 2.38. The van der Waals surface area contributed by atoms with Crippen LogP contribution in [0.25, 0.3) is 0 Å². The van der Waals surface area contributed by atoms with Gasteiger partial charge in [0.15, 0.2) is 9.84 Å². The normalized spacial score (nSPS) is 13.2. The molecule has 2 heterocycles. The summed E-state index contributed by atoms with van der Waals surface area (Å²) in [6.07, 6.45) is 0.125. The Bertz CT molecular complexity index is 1140. The number of nitrogens with zero attached hydrogens (tertiary/aromatic N) is 1. The fourth-order valence-electron chi connectivity index (χ4n) is 3.64. The summed E-state index contributed by atoms with van der Waals surface area (Å²) in [5.74, 6) is -1.09. The molecule has 0 atom stereocenters. The topological polar surface area (TPSA) is 119 Å². The molecule has 1 N–H and O–H groups in total. The van der Waals surface area contributed by atoms with Crippen LogP contribution >= 0.6 is 11.3 Å². The predicted molar refractivity (Wildman–Crippen MR) is 128 cm³/mol. The maximum atomic E-state index is 12.6. The average molecular weight is 509 g/mol. The van der Waals surface area contributed by atoms with E-state index in [-0.39, 0.29) is 43.2 Å². The van der Waals surface area contributed by atoms with E-state index in [4.69, 9.17) is 9.47 Å². The number of hydrogen-bond acceptors (Lipinski definition) is 8. The molecule has 0 unspecified atom stereocenters. The van der Waals surface area contributed by atoms with Gasteiger partial charge in [0.25, 0.3) is 0 Å². The van der Waals surface area contributed by atoms with Gasteiger partial charge in [0, 0.05) is 17.8 Å². The van der Waals surface area contributed by atoms with Crippen LogP contribution in [0.5, 0.6) is 0 Å². The van der Waals surface area contributed by atoms with E-state index in [1.807, 2.05) is 0 Å². The number of ether oxygens (including phenoxy) is 2. The lowest BCUT2D eigenvalue weighted by Crippen LogP contribution is -2.36. The van der Waals surface area contributed by atoms with E-state index in [1.54, 1.807) is 36.9 Å². The number of hydrogen-bond donors (Lipinski definition) is 1. The van der Waals surface area contributed by atoms with Crippen LogP contribution in [0.2, 0.25) is 0 Å². The van der Waals surface area contributed by atoms with Gasteiger partial charge in [-0.15, -0.1) is 11.3 Å². The summed E-state index contributed by atoms with van der Waals surface area (Å²) in [5.41, 5.74) is 1.06. The maximum absolute atomic E-state index is 12.6. The van der Waals surface area contributed by atoms with Crippen molar-refractivity contribution in [3.8, 4) is 0 Å². The third-order valence-electron chi connectivity index (χ3n) is 5.23. The fourth-order valence-corrected chi connectivity index (χ4v) is 6.24. The molecule has 0 radical (unpaired) electrons. The first-order valence-corrected chi connectivity index (χ1v) is 13.5. The van der Waals surface area contributed by atoms with Crippen molar-refractivity contribution in [2.24, 2.45) is 0 Å². The quantitative estimate of drug-likeness (QED) is 0.514. The molecule has 1 aromatic carbocycles. The zero-order chi connectivity index (χ0) is 24.7. The van der Waals surface area contributed by atoms with E-state index in [2.05, 4.69) is 5.32 Å². The SMILES string of the molecule is CCOC(=O)c1c(NC(=O)CCCS(=O)(=O)c2ccccc2)sc2c1CCN(C(=O)OCC)C2. The maximum Gasteiger partial charge on any atom is 0.410 e. The molecule has 11 heteroatoms. The minimum Gasteiger partial charge on any atom is -0.462 e. The van der Waals surface area contributed by atoms with Crippen molar-refractivity contribution >= 4 is 44.1 Å². The Labute approximate surface area is 203 Å². The molecule has 1 aliphatic rings. The average Bonchev–Trinajstić information content (AvgIpc) is 3.16. The van der Waals surface area contributed by atoms with Crippen molar-refractivity contribution < 1.29 is 32.3 Å². The minimum atomic E-state index is -3.48. The molecular weight excluding hydrogens is 480 g/mol. The van der Waals surface area contributed by atoms with Gasteiger partial charge in [0.05, 0.1) is 36.0 Å². The van der Waals surface area contributed by atoms with E-state index in [0.29, 0.717) is 23.5 Å². The van der Waals surface area contributed by atoms with E-state index in [9.17, 15) is 22.8 Å². The zero-order valence-corrected chi connectivity index (χ0v) is 20.8. The van der Waals surface area contributed by atoms with E-state index >= 15 is 0 Å². The van der Waals surface area contributed by atoms with Crippen molar-refractivity contribution in [1.82, 2.24) is 4.90 Å². The molecule has 1 aromatic heterocycles. The zero-order valence-electron chi connectivity index (χ0n) is 19.2. The monoisotopic (exact) mass is 508 g/mol. The van der Waals surface area contributed by atoms with Gasteiger partial charge in [0.1, 0.15) is 5.00 Å². The minimum absolute atomic E-state index is 0.0220. The van der Waals surface area contributed by atoms with Crippen LogP contribution in [-0.4, -0.2) is 56.8 Å². The smallest absolute Gasteiger partial charge is 0.410 e. The van der Waals surface area contributed by atoms with Gasteiger partial charge in [-0.3, -0.25) is 4.79 Å². The summed E-state index contributed by atoms with van der Waals surface area (Å²) >= 11 is 1.22. The number of anilines is 1. The Morgan fingerprint density at radius 3 is 2.47 bits per heavy atom. The first-order valence-electron chi connectivity index (χ1n) is 11.1. The summed E-state index contributed by atoms with van der Waals surface area (Å²) in [7, 11) is -3.48. The van der Waals surface area contributed by atoms with E-state index in [1.165, 1.54) is 23.5 Å². The molecule has 0 bridgehead atoms. The second-order valence-corrected chi connectivity index (χ2v) is 10.8. The molecule has 0 spiro atoms. The molecule has 9 nitrogen and oxygen atoms in total. The number of carbonyl (C=O) groups is 3. The highest BCUT2D eigenvalue weighted by atomic mass is 32.2. The fraction of sp³-hybridized carbons (Fsp3) is 0.435. The molecule has 0 saturated carbocycles. The predicted octanol–water partition coefficient (Wildman–Crippen LogP) is 3.63. The van der Waals surface area contributed by atoms with Gasteiger partial charge in [-0.2, -0.15) is 0 Å². The largest absolute Gasteiger partial charge is 0.462 e. The number of fused-ring (bicyclic) bond motifs is 1. The highest BCUT2D eigenvalue weighted by molar-refractivity contribution is 7.91. The van der Waals surface area contributed by atoms with Crippen molar-refractivity contribution in [1.29, 1.82) is 0 Å². The van der Waals surface area contributed by atoms with E-state index < -0.39 is 27.8 Å². The van der Waals surface area contributed by atoms with Gasteiger partial charge in [-0.1, -0.05) is 18.2 Å². The summed E-state index contributed by atoms with van der Waals surface area (Å²) in [5, 5.41) is 3.10. The molecule has 1 aliphatic heterocycles. The van der Waals surface area contributed by atoms with Crippen molar-refractivity contribution in [2.75, 3.05) is 30.8 Å². The van der Waals surface area contributed by atoms with Gasteiger partial charge in [0.2, 0.25) is 5.91 Å².